The fourth-order valence-corrected chi connectivity index (χ4v) is 2.73. The van der Waals surface area contributed by atoms with Crippen LogP contribution in [0.25, 0.3) is 0 Å². The minimum Gasteiger partial charge on any atom is -0.304 e. The van der Waals surface area contributed by atoms with E-state index in [9.17, 15) is 0 Å². The number of rotatable bonds is 4. The third kappa shape index (κ3) is 2.89. The van der Waals surface area contributed by atoms with E-state index in [4.69, 9.17) is 0 Å². The molecule has 2 rings (SSSR count). The molecule has 0 aromatic carbocycles. The summed E-state index contributed by atoms with van der Waals surface area (Å²) in [7, 11) is 1.87. The number of aromatic nitrogens is 4. The highest BCUT2D eigenvalue weighted by atomic mass is 32.1. The molecule has 0 fully saturated rings. The van der Waals surface area contributed by atoms with E-state index in [-0.39, 0.29) is 0 Å². The third-order valence-corrected chi connectivity index (χ3v) is 3.83. The van der Waals surface area contributed by atoms with E-state index in [0.717, 1.165) is 22.9 Å². The molecule has 1 unspecified atom stereocenters. The summed E-state index contributed by atoms with van der Waals surface area (Å²) in [6.45, 7) is 6.97. The van der Waals surface area contributed by atoms with Gasteiger partial charge in [0.2, 0.25) is 0 Å². The summed E-state index contributed by atoms with van der Waals surface area (Å²) in [5.41, 5.74) is 2.07. The van der Waals surface area contributed by atoms with Gasteiger partial charge < -0.3 is 5.32 Å². The molecule has 0 saturated heterocycles. The van der Waals surface area contributed by atoms with Gasteiger partial charge in [0.25, 0.3) is 0 Å². The molecule has 5 nitrogen and oxygen atoms in total. The number of hydrogen-bond donors (Lipinski definition) is 1. The highest BCUT2D eigenvalue weighted by Gasteiger charge is 2.12. The van der Waals surface area contributed by atoms with E-state index in [2.05, 4.69) is 34.5 Å². The number of thiazole rings is 1. The van der Waals surface area contributed by atoms with Gasteiger partial charge in [-0.15, -0.1) is 16.4 Å². The number of aryl methyl sites for hydroxylation is 3. The van der Waals surface area contributed by atoms with Gasteiger partial charge in [-0.3, -0.25) is 4.68 Å². The summed E-state index contributed by atoms with van der Waals surface area (Å²) in [5.74, 6) is 0. The summed E-state index contributed by atoms with van der Waals surface area (Å²) in [6.07, 6.45) is 1.92. The molecule has 1 atom stereocenters. The zero-order valence-electron chi connectivity index (χ0n) is 10.6. The fourth-order valence-electron chi connectivity index (χ4n) is 1.78. The van der Waals surface area contributed by atoms with Crippen LogP contribution >= 0.6 is 11.3 Å². The summed E-state index contributed by atoms with van der Waals surface area (Å²) in [4.78, 5) is 5.74. The minimum absolute atomic E-state index is 0.295. The van der Waals surface area contributed by atoms with Gasteiger partial charge in [-0.2, -0.15) is 0 Å². The summed E-state index contributed by atoms with van der Waals surface area (Å²) in [6, 6.07) is 0.295. The van der Waals surface area contributed by atoms with Crippen LogP contribution in [0.2, 0.25) is 0 Å². The van der Waals surface area contributed by atoms with E-state index in [0.29, 0.717) is 6.04 Å². The van der Waals surface area contributed by atoms with Gasteiger partial charge in [0.05, 0.1) is 16.4 Å². The zero-order chi connectivity index (χ0) is 12.4. The van der Waals surface area contributed by atoms with Gasteiger partial charge in [0.15, 0.2) is 0 Å². The van der Waals surface area contributed by atoms with E-state index < -0.39 is 0 Å². The van der Waals surface area contributed by atoms with Crippen molar-refractivity contribution in [2.24, 2.45) is 7.05 Å². The van der Waals surface area contributed by atoms with Crippen LogP contribution in [-0.4, -0.2) is 20.0 Å². The molecular weight excluding hydrogens is 234 g/mol. The van der Waals surface area contributed by atoms with Crippen LogP contribution in [0, 0.1) is 13.8 Å². The normalized spacial score (nSPS) is 12.9. The molecule has 0 amide bonds. The molecule has 0 aliphatic carbocycles. The lowest BCUT2D eigenvalue weighted by atomic mass is 10.2. The molecule has 92 valence electrons. The predicted octanol–water partition coefficient (Wildman–Crippen LogP) is 1.74. The Labute approximate surface area is 105 Å². The maximum atomic E-state index is 4.44. The lowest BCUT2D eigenvalue weighted by Crippen LogP contribution is -2.18. The van der Waals surface area contributed by atoms with Crippen molar-refractivity contribution in [2.45, 2.75) is 33.4 Å². The average molecular weight is 251 g/mol. The molecule has 0 saturated carbocycles. The fraction of sp³-hybridized carbons (Fsp3) is 0.545. The summed E-state index contributed by atoms with van der Waals surface area (Å²) >= 11 is 1.75. The first kappa shape index (κ1) is 12.2. The molecule has 0 spiro atoms. The van der Waals surface area contributed by atoms with E-state index >= 15 is 0 Å². The molecule has 0 aliphatic heterocycles. The van der Waals surface area contributed by atoms with Gasteiger partial charge in [0, 0.05) is 30.7 Å². The van der Waals surface area contributed by atoms with Gasteiger partial charge in [0.1, 0.15) is 0 Å². The largest absolute Gasteiger partial charge is 0.304 e. The molecule has 2 aromatic heterocycles. The molecule has 0 aliphatic rings. The molecule has 2 heterocycles. The third-order valence-electron chi connectivity index (χ3n) is 2.57. The molecule has 17 heavy (non-hydrogen) atoms. The Bertz CT molecular complexity index is 502. The Kier molecular flexibility index (Phi) is 3.54. The second-order valence-electron chi connectivity index (χ2n) is 4.17. The van der Waals surface area contributed by atoms with Crippen LogP contribution in [0.5, 0.6) is 0 Å². The zero-order valence-corrected chi connectivity index (χ0v) is 11.4. The SMILES string of the molecule is Cc1nc(C)c(C(C)NCc2cn(C)nn2)s1. The quantitative estimate of drug-likeness (QED) is 0.899. The van der Waals surface area contributed by atoms with Gasteiger partial charge >= 0.3 is 0 Å². The van der Waals surface area contributed by atoms with Crippen LogP contribution in [-0.2, 0) is 13.6 Å². The molecule has 0 radical (unpaired) electrons. The number of nitrogens with one attached hydrogen (secondary N) is 1. The first-order valence-corrected chi connectivity index (χ1v) is 6.40. The van der Waals surface area contributed by atoms with Crippen LogP contribution < -0.4 is 5.32 Å². The minimum atomic E-state index is 0.295. The maximum absolute atomic E-state index is 4.44. The Morgan fingerprint density at radius 1 is 1.47 bits per heavy atom. The van der Waals surface area contributed by atoms with Gasteiger partial charge in [-0.25, -0.2) is 4.98 Å². The number of nitrogens with zero attached hydrogens (tertiary/aromatic N) is 4. The van der Waals surface area contributed by atoms with Crippen LogP contribution in [0.4, 0.5) is 0 Å². The van der Waals surface area contributed by atoms with E-state index in [1.807, 2.05) is 20.2 Å². The Balaban J connectivity index is 1.97. The monoisotopic (exact) mass is 251 g/mol. The maximum Gasteiger partial charge on any atom is 0.0964 e. The van der Waals surface area contributed by atoms with Gasteiger partial charge in [-0.05, 0) is 20.8 Å². The standard InChI is InChI=1S/C11H17N5S/c1-7(11-8(2)13-9(3)17-11)12-5-10-6-16(4)15-14-10/h6-7,12H,5H2,1-4H3. The summed E-state index contributed by atoms with van der Waals surface area (Å²) < 4.78 is 1.71. The van der Waals surface area contributed by atoms with Crippen molar-refractivity contribution in [1.29, 1.82) is 0 Å². The van der Waals surface area contributed by atoms with E-state index in [1.54, 1.807) is 16.0 Å². The molecular formula is C11H17N5S. The Morgan fingerprint density at radius 2 is 2.24 bits per heavy atom. The van der Waals surface area contributed by atoms with Crippen molar-refractivity contribution in [2.75, 3.05) is 0 Å². The number of hydrogen-bond acceptors (Lipinski definition) is 5. The van der Waals surface area contributed by atoms with E-state index in [1.165, 1.54) is 4.88 Å². The lowest BCUT2D eigenvalue weighted by Gasteiger charge is -2.11. The molecule has 0 bridgehead atoms. The van der Waals surface area contributed by atoms with Crippen molar-refractivity contribution < 1.29 is 0 Å². The highest BCUT2D eigenvalue weighted by Crippen LogP contribution is 2.24. The Hall–Kier alpha value is -1.27. The lowest BCUT2D eigenvalue weighted by molar-refractivity contribution is 0.571. The first-order chi connectivity index (χ1) is 8.06. The van der Waals surface area contributed by atoms with Crippen LogP contribution in [0.1, 0.15) is 34.2 Å². The van der Waals surface area contributed by atoms with Gasteiger partial charge in [-0.1, -0.05) is 5.21 Å². The van der Waals surface area contributed by atoms with Crippen molar-refractivity contribution in [1.82, 2.24) is 25.3 Å². The first-order valence-electron chi connectivity index (χ1n) is 5.58. The molecule has 1 N–H and O–H groups in total. The Morgan fingerprint density at radius 3 is 2.76 bits per heavy atom. The average Bonchev–Trinajstić information content (AvgIpc) is 2.81. The highest BCUT2D eigenvalue weighted by molar-refractivity contribution is 7.11. The second kappa shape index (κ2) is 4.93. The van der Waals surface area contributed by atoms with Crippen molar-refractivity contribution in [3.05, 3.63) is 27.5 Å². The van der Waals surface area contributed by atoms with Crippen LogP contribution in [0.15, 0.2) is 6.20 Å². The summed E-state index contributed by atoms with van der Waals surface area (Å²) in [5, 5.41) is 12.5. The molecule has 6 heteroatoms. The van der Waals surface area contributed by atoms with Crippen molar-refractivity contribution in [3.8, 4) is 0 Å². The predicted molar refractivity (Wildman–Crippen MR) is 67.8 cm³/mol. The topological polar surface area (TPSA) is 55.6 Å². The molecule has 2 aromatic rings. The van der Waals surface area contributed by atoms with Crippen LogP contribution in [0.3, 0.4) is 0 Å². The second-order valence-corrected chi connectivity index (χ2v) is 5.40. The smallest absolute Gasteiger partial charge is 0.0964 e. The van der Waals surface area contributed by atoms with Crippen molar-refractivity contribution in [3.63, 3.8) is 0 Å². The van der Waals surface area contributed by atoms with Crippen molar-refractivity contribution >= 4 is 11.3 Å².